The Bertz CT molecular complexity index is 1950. The highest BCUT2D eigenvalue weighted by Gasteiger charge is 2.07. The summed E-state index contributed by atoms with van der Waals surface area (Å²) in [4.78, 5) is 15.3. The van der Waals surface area contributed by atoms with Crippen molar-refractivity contribution in [2.75, 3.05) is 17.2 Å². The number of aromatic nitrogens is 3. The van der Waals surface area contributed by atoms with Gasteiger partial charge in [-0.2, -0.15) is 0 Å². The van der Waals surface area contributed by atoms with Gasteiger partial charge >= 0.3 is 0 Å². The van der Waals surface area contributed by atoms with Crippen molar-refractivity contribution >= 4 is 49.8 Å². The molecule has 6 heteroatoms. The van der Waals surface area contributed by atoms with Gasteiger partial charge in [0.25, 0.3) is 0 Å². The number of fused-ring (bicyclic) bond motifs is 3. The molecule has 45 heavy (non-hydrogen) atoms. The molecule has 0 aliphatic rings. The van der Waals surface area contributed by atoms with E-state index in [1.807, 2.05) is 109 Å². The second-order valence-corrected chi connectivity index (χ2v) is 10.9. The van der Waals surface area contributed by atoms with Gasteiger partial charge in [0.15, 0.2) is 0 Å². The van der Waals surface area contributed by atoms with E-state index in [9.17, 15) is 0 Å². The molecule has 0 fully saturated rings. The van der Waals surface area contributed by atoms with Crippen LogP contribution in [0.15, 0.2) is 146 Å². The van der Waals surface area contributed by atoms with Crippen LogP contribution in [0.5, 0.6) is 0 Å². The van der Waals surface area contributed by atoms with Crippen LogP contribution in [0.2, 0.25) is 0 Å². The van der Waals surface area contributed by atoms with Crippen molar-refractivity contribution in [3.05, 3.63) is 146 Å². The van der Waals surface area contributed by atoms with Crippen molar-refractivity contribution in [3.8, 4) is 33.8 Å². The van der Waals surface area contributed by atoms with E-state index in [1.165, 1.54) is 0 Å². The van der Waals surface area contributed by atoms with Crippen LogP contribution in [-0.2, 0) is 0 Å². The Hall–Kier alpha value is -6.27. The van der Waals surface area contributed by atoms with E-state index >= 15 is 0 Å². The fraction of sp³-hybridized carbons (Fsp3) is 0. The third-order valence-corrected chi connectivity index (χ3v) is 7.70. The Labute approximate surface area is 260 Å². The van der Waals surface area contributed by atoms with E-state index in [0.29, 0.717) is 17.1 Å². The molecule has 6 nitrogen and oxygen atoms in total. The predicted molar refractivity (Wildman–Crippen MR) is 188 cm³/mol. The first-order valence-electron chi connectivity index (χ1n) is 14.6. The zero-order valence-electron chi connectivity index (χ0n) is 24.4. The highest BCUT2D eigenvalue weighted by molar-refractivity contribution is 5.86. The second-order valence-electron chi connectivity index (χ2n) is 10.9. The van der Waals surface area contributed by atoms with Gasteiger partial charge in [0, 0.05) is 49.9 Å². The maximum atomic E-state index is 6.02. The van der Waals surface area contributed by atoms with Gasteiger partial charge in [-0.05, 0) is 72.8 Å². The molecule has 10 aromatic rings. The Balaban J connectivity index is 1.57. The summed E-state index contributed by atoms with van der Waals surface area (Å²) in [6.45, 7) is 0. The Morgan fingerprint density at radius 3 is 0.711 bits per heavy atom. The summed E-state index contributed by atoms with van der Waals surface area (Å²) in [5.74, 6) is 0. The number of nitrogen functional groups attached to an aromatic ring is 3. The number of hydrogen-bond acceptors (Lipinski definition) is 6. The SMILES string of the molecule is Nc1ccc(-c2nc3ccc(cc3)c(-c3ccc(N)cc3)nc3ccc(cc3)c(-c3ccc(N)cc3)nc3ccc2cc3)cc1. The van der Waals surface area contributed by atoms with Gasteiger partial charge in [0.2, 0.25) is 0 Å². The molecule has 0 spiro atoms. The summed E-state index contributed by atoms with van der Waals surface area (Å²) in [5, 5.41) is 2.89. The Kier molecular flexibility index (Phi) is 7.21. The molecule has 216 valence electrons. The number of nitrogens with two attached hydrogens (primary N) is 3. The smallest absolute Gasteiger partial charge is 0.0781 e. The van der Waals surface area contributed by atoms with Crippen molar-refractivity contribution in [2.45, 2.75) is 0 Å². The molecule has 6 N–H and O–H groups in total. The molecule has 0 unspecified atom stereocenters. The molecular formula is C39H30N6. The van der Waals surface area contributed by atoms with Crippen LogP contribution in [-0.4, -0.2) is 15.0 Å². The number of benzene rings is 6. The van der Waals surface area contributed by atoms with Gasteiger partial charge in [-0.3, -0.25) is 0 Å². The van der Waals surface area contributed by atoms with Crippen LogP contribution < -0.4 is 17.2 Å². The maximum Gasteiger partial charge on any atom is 0.0781 e. The van der Waals surface area contributed by atoms with E-state index in [2.05, 4.69) is 36.4 Å². The van der Waals surface area contributed by atoms with Gasteiger partial charge in [0.1, 0.15) is 0 Å². The summed E-state index contributed by atoms with van der Waals surface area (Å²) in [5.41, 5.74) is 28.0. The van der Waals surface area contributed by atoms with Crippen LogP contribution in [0.25, 0.3) is 66.5 Å². The molecule has 0 aliphatic carbocycles. The second kappa shape index (κ2) is 11.8. The van der Waals surface area contributed by atoms with E-state index in [-0.39, 0.29) is 0 Å². The molecule has 6 bridgehead atoms. The standard InChI is InChI=1S/C39H30N6/c40-31-13-1-25(2-14-31)37-28-7-19-35(20-8-28)44-39(27-5-17-33(42)18-6-27)30-11-23-36(24-12-30)45-38(26-3-15-32(41)16-4-26)29-9-21-34(43-37)22-10-29/h1-24H,40-42H2. The van der Waals surface area contributed by atoms with E-state index in [1.54, 1.807) is 0 Å². The third kappa shape index (κ3) is 5.98. The van der Waals surface area contributed by atoms with Crippen molar-refractivity contribution in [1.82, 2.24) is 15.0 Å². The molecule has 0 saturated heterocycles. The van der Waals surface area contributed by atoms with Crippen LogP contribution in [0, 0.1) is 0 Å². The monoisotopic (exact) mass is 582 g/mol. The van der Waals surface area contributed by atoms with E-state index in [0.717, 1.165) is 66.5 Å². The summed E-state index contributed by atoms with van der Waals surface area (Å²) in [6.07, 6.45) is 0. The Morgan fingerprint density at radius 2 is 0.489 bits per heavy atom. The molecular weight excluding hydrogens is 552 g/mol. The first-order chi connectivity index (χ1) is 22.0. The average Bonchev–Trinajstić information content (AvgIpc) is 3.07. The minimum absolute atomic E-state index is 0.700. The quantitative estimate of drug-likeness (QED) is 0.179. The van der Waals surface area contributed by atoms with E-state index in [4.69, 9.17) is 32.2 Å². The topological polar surface area (TPSA) is 117 Å². The normalized spacial score (nSPS) is 10.9. The first-order valence-corrected chi connectivity index (χ1v) is 14.6. The predicted octanol–water partition coefficient (Wildman–Crippen LogP) is 8.77. The average molecular weight is 583 g/mol. The molecule has 0 aliphatic heterocycles. The first kappa shape index (κ1) is 27.6. The lowest BCUT2D eigenvalue weighted by atomic mass is 10.1. The molecule has 0 radical (unpaired) electrons. The summed E-state index contributed by atoms with van der Waals surface area (Å²) < 4.78 is 0. The highest BCUT2D eigenvalue weighted by Crippen LogP contribution is 2.28. The van der Waals surface area contributed by atoms with Crippen LogP contribution >= 0.6 is 0 Å². The van der Waals surface area contributed by atoms with Gasteiger partial charge in [-0.25, -0.2) is 15.0 Å². The van der Waals surface area contributed by atoms with Gasteiger partial charge < -0.3 is 17.2 Å². The van der Waals surface area contributed by atoms with Crippen molar-refractivity contribution in [3.63, 3.8) is 0 Å². The van der Waals surface area contributed by atoms with Gasteiger partial charge in [-0.1, -0.05) is 72.8 Å². The fourth-order valence-electron chi connectivity index (χ4n) is 5.28. The summed E-state index contributed by atoms with van der Waals surface area (Å²) in [6, 6.07) is 47.8. The van der Waals surface area contributed by atoms with Gasteiger partial charge in [-0.15, -0.1) is 0 Å². The largest absolute Gasteiger partial charge is 0.399 e. The minimum Gasteiger partial charge on any atom is -0.399 e. The van der Waals surface area contributed by atoms with Crippen molar-refractivity contribution < 1.29 is 0 Å². The van der Waals surface area contributed by atoms with Crippen molar-refractivity contribution in [2.24, 2.45) is 0 Å². The third-order valence-electron chi connectivity index (χ3n) is 7.70. The van der Waals surface area contributed by atoms with Crippen molar-refractivity contribution in [1.29, 1.82) is 0 Å². The van der Waals surface area contributed by atoms with Crippen LogP contribution in [0.1, 0.15) is 0 Å². The molecule has 0 atom stereocenters. The number of hydrogen-bond donors (Lipinski definition) is 3. The number of rotatable bonds is 3. The molecule has 0 amide bonds. The number of nitrogens with zero attached hydrogens (tertiary/aromatic N) is 3. The maximum absolute atomic E-state index is 6.02. The summed E-state index contributed by atoms with van der Waals surface area (Å²) in [7, 11) is 0. The lowest BCUT2D eigenvalue weighted by Crippen LogP contribution is -1.89. The zero-order chi connectivity index (χ0) is 30.8. The molecule has 10 rings (SSSR count). The molecule has 4 aromatic heterocycles. The van der Waals surface area contributed by atoms with Gasteiger partial charge in [0.05, 0.1) is 33.6 Å². The lowest BCUT2D eigenvalue weighted by Gasteiger charge is -2.06. The Morgan fingerprint density at radius 1 is 0.267 bits per heavy atom. The van der Waals surface area contributed by atoms with Crippen LogP contribution in [0.4, 0.5) is 17.1 Å². The van der Waals surface area contributed by atoms with E-state index < -0.39 is 0 Å². The minimum atomic E-state index is 0.700. The zero-order valence-corrected chi connectivity index (χ0v) is 24.4. The molecule has 4 heterocycles. The highest BCUT2D eigenvalue weighted by atomic mass is 14.7. The van der Waals surface area contributed by atoms with Crippen LogP contribution in [0.3, 0.4) is 0 Å². The lowest BCUT2D eigenvalue weighted by molar-refractivity contribution is 1.40. The number of anilines is 3. The molecule has 0 saturated carbocycles. The molecule has 6 aromatic carbocycles. The summed E-state index contributed by atoms with van der Waals surface area (Å²) >= 11 is 0. The fourth-order valence-corrected chi connectivity index (χ4v) is 5.28.